The van der Waals surface area contributed by atoms with Crippen LogP contribution in [0, 0.1) is 0 Å². The van der Waals surface area contributed by atoms with Crippen LogP contribution in [0.25, 0.3) is 0 Å². The maximum absolute atomic E-state index is 5.98. The van der Waals surface area contributed by atoms with Crippen LogP contribution in [-0.2, 0) is 14.2 Å². The van der Waals surface area contributed by atoms with E-state index in [1.165, 1.54) is 19.5 Å². The fourth-order valence-electron chi connectivity index (χ4n) is 4.92. The highest BCUT2D eigenvalue weighted by atomic mass is 16.5. The zero-order valence-electron chi connectivity index (χ0n) is 19.4. The van der Waals surface area contributed by atoms with Gasteiger partial charge in [-0.3, -0.25) is 19.6 Å². The molecule has 176 valence electrons. The number of rotatable bonds is 16. The van der Waals surface area contributed by atoms with Crippen molar-refractivity contribution in [3.05, 3.63) is 0 Å². The molecule has 2 bridgehead atoms. The van der Waals surface area contributed by atoms with Gasteiger partial charge in [-0.1, -0.05) is 6.92 Å². The first-order valence-corrected chi connectivity index (χ1v) is 12.1. The van der Waals surface area contributed by atoms with Crippen LogP contribution in [0.3, 0.4) is 0 Å². The quantitative estimate of drug-likeness (QED) is 0.336. The zero-order chi connectivity index (χ0) is 21.0. The second-order valence-corrected chi connectivity index (χ2v) is 8.79. The molecule has 1 N–H and O–H groups in total. The molecule has 3 aliphatic rings. The summed E-state index contributed by atoms with van der Waals surface area (Å²) >= 11 is 0. The fraction of sp³-hybridized carbons (Fsp3) is 1.00. The SMILES string of the molecule is CCNCCOCCN1CC2CC1CN2CCOCCN1CCN(CCOC)CC1. The van der Waals surface area contributed by atoms with Crippen LogP contribution in [0.5, 0.6) is 0 Å². The Morgan fingerprint density at radius 2 is 1.27 bits per heavy atom. The summed E-state index contributed by atoms with van der Waals surface area (Å²) in [6, 6.07) is 1.45. The minimum absolute atomic E-state index is 0.723. The Labute approximate surface area is 183 Å². The lowest BCUT2D eigenvalue weighted by atomic mass is 10.2. The molecule has 0 aliphatic carbocycles. The van der Waals surface area contributed by atoms with Crippen molar-refractivity contribution in [2.24, 2.45) is 0 Å². The van der Waals surface area contributed by atoms with Crippen LogP contribution in [0.15, 0.2) is 0 Å². The van der Waals surface area contributed by atoms with Gasteiger partial charge >= 0.3 is 0 Å². The number of piperazine rings is 2. The number of hydrogen-bond donors (Lipinski definition) is 1. The van der Waals surface area contributed by atoms with E-state index in [0.29, 0.717) is 0 Å². The van der Waals surface area contributed by atoms with Gasteiger partial charge in [0.05, 0.1) is 33.0 Å². The highest BCUT2D eigenvalue weighted by Crippen LogP contribution is 2.29. The molecule has 8 nitrogen and oxygen atoms in total. The molecule has 2 atom stereocenters. The summed E-state index contributed by atoms with van der Waals surface area (Å²) < 4.78 is 16.9. The van der Waals surface area contributed by atoms with Crippen molar-refractivity contribution >= 4 is 0 Å². The minimum atomic E-state index is 0.723. The molecule has 3 aliphatic heterocycles. The Bertz CT molecular complexity index is 450. The first kappa shape index (κ1) is 24.3. The molecule has 0 spiro atoms. The molecule has 8 heteroatoms. The van der Waals surface area contributed by atoms with Gasteiger partial charge in [0.15, 0.2) is 0 Å². The summed E-state index contributed by atoms with van der Waals surface area (Å²) in [7, 11) is 1.78. The average Bonchev–Trinajstić information content (AvgIpc) is 3.35. The molecule has 0 amide bonds. The number of likely N-dealkylation sites (tertiary alicyclic amines) is 2. The van der Waals surface area contributed by atoms with Gasteiger partial charge in [-0.25, -0.2) is 0 Å². The highest BCUT2D eigenvalue weighted by Gasteiger charge is 2.42. The van der Waals surface area contributed by atoms with Crippen LogP contribution in [0.4, 0.5) is 0 Å². The molecule has 0 aromatic rings. The molecule has 3 saturated heterocycles. The Hall–Kier alpha value is -0.320. The molecule has 0 saturated carbocycles. The predicted octanol–water partition coefficient (Wildman–Crippen LogP) is -0.348. The van der Waals surface area contributed by atoms with Crippen molar-refractivity contribution < 1.29 is 14.2 Å². The van der Waals surface area contributed by atoms with Crippen molar-refractivity contribution in [1.82, 2.24) is 24.9 Å². The van der Waals surface area contributed by atoms with E-state index < -0.39 is 0 Å². The van der Waals surface area contributed by atoms with E-state index in [1.54, 1.807) is 7.11 Å². The van der Waals surface area contributed by atoms with Crippen molar-refractivity contribution in [1.29, 1.82) is 0 Å². The number of methoxy groups -OCH3 is 1. The van der Waals surface area contributed by atoms with Crippen LogP contribution < -0.4 is 5.32 Å². The number of nitrogens with zero attached hydrogens (tertiary/aromatic N) is 4. The van der Waals surface area contributed by atoms with Gasteiger partial charge in [-0.15, -0.1) is 0 Å². The Morgan fingerprint density at radius 3 is 1.80 bits per heavy atom. The normalized spacial score (nSPS) is 26.2. The summed E-state index contributed by atoms with van der Waals surface area (Å²) in [4.78, 5) is 10.3. The monoisotopic (exact) mass is 427 g/mol. The van der Waals surface area contributed by atoms with Gasteiger partial charge in [0.1, 0.15) is 0 Å². The van der Waals surface area contributed by atoms with Gasteiger partial charge in [0.25, 0.3) is 0 Å². The first-order valence-electron chi connectivity index (χ1n) is 12.1. The Kier molecular flexibility index (Phi) is 11.3. The predicted molar refractivity (Wildman–Crippen MR) is 120 cm³/mol. The van der Waals surface area contributed by atoms with Crippen molar-refractivity contribution in [3.8, 4) is 0 Å². The number of hydrogen-bond acceptors (Lipinski definition) is 8. The van der Waals surface area contributed by atoms with Crippen molar-refractivity contribution in [2.45, 2.75) is 25.4 Å². The van der Waals surface area contributed by atoms with Gasteiger partial charge in [0.2, 0.25) is 0 Å². The molecular weight excluding hydrogens is 382 g/mol. The molecule has 0 aromatic carbocycles. The highest BCUT2D eigenvalue weighted by molar-refractivity contribution is 4.99. The van der Waals surface area contributed by atoms with Crippen LogP contribution in [-0.4, -0.2) is 150 Å². The summed E-state index contributed by atoms with van der Waals surface area (Å²) in [5, 5.41) is 3.30. The van der Waals surface area contributed by atoms with E-state index in [2.05, 4.69) is 31.8 Å². The number of ether oxygens (including phenoxy) is 3. The van der Waals surface area contributed by atoms with Gasteiger partial charge in [-0.2, -0.15) is 0 Å². The van der Waals surface area contributed by atoms with E-state index in [0.717, 1.165) is 111 Å². The molecule has 30 heavy (non-hydrogen) atoms. The smallest absolute Gasteiger partial charge is 0.0594 e. The van der Waals surface area contributed by atoms with Crippen LogP contribution in [0.1, 0.15) is 13.3 Å². The summed E-state index contributed by atoms with van der Waals surface area (Å²) in [5.74, 6) is 0. The summed E-state index contributed by atoms with van der Waals surface area (Å²) in [6.45, 7) is 19.6. The van der Waals surface area contributed by atoms with Gasteiger partial charge in [-0.05, 0) is 13.0 Å². The average molecular weight is 428 g/mol. The van der Waals surface area contributed by atoms with E-state index in [4.69, 9.17) is 14.2 Å². The minimum Gasteiger partial charge on any atom is -0.383 e. The van der Waals surface area contributed by atoms with Gasteiger partial charge in [0, 0.05) is 91.2 Å². The third-order valence-corrected chi connectivity index (χ3v) is 6.81. The molecular formula is C22H45N5O3. The summed E-state index contributed by atoms with van der Waals surface area (Å²) in [6.07, 6.45) is 1.32. The second kappa shape index (κ2) is 14.0. The third kappa shape index (κ3) is 7.98. The molecule has 2 unspecified atom stereocenters. The van der Waals surface area contributed by atoms with Crippen molar-refractivity contribution in [3.63, 3.8) is 0 Å². The number of likely N-dealkylation sites (N-methyl/N-ethyl adjacent to an activating group) is 1. The lowest BCUT2D eigenvalue weighted by Crippen LogP contribution is -2.48. The van der Waals surface area contributed by atoms with Crippen LogP contribution >= 0.6 is 0 Å². The molecule has 3 rings (SSSR count). The lowest BCUT2D eigenvalue weighted by Gasteiger charge is -2.35. The van der Waals surface area contributed by atoms with E-state index in [9.17, 15) is 0 Å². The van der Waals surface area contributed by atoms with Gasteiger partial charge < -0.3 is 19.5 Å². The van der Waals surface area contributed by atoms with Crippen molar-refractivity contribution in [2.75, 3.05) is 119 Å². The summed E-state index contributed by atoms with van der Waals surface area (Å²) in [5.41, 5.74) is 0. The second-order valence-electron chi connectivity index (χ2n) is 8.79. The maximum Gasteiger partial charge on any atom is 0.0594 e. The number of nitrogens with one attached hydrogen (secondary N) is 1. The van der Waals surface area contributed by atoms with E-state index in [1.807, 2.05) is 0 Å². The Morgan fingerprint density at radius 1 is 0.733 bits per heavy atom. The van der Waals surface area contributed by atoms with E-state index in [-0.39, 0.29) is 0 Å². The Balaban J connectivity index is 1.16. The molecule has 0 radical (unpaired) electrons. The standard InChI is InChI=1S/C22H45N5O3/c1-3-23-4-13-29-16-11-26-19-22-18-21(26)20-27(22)12-17-30-15-10-25-7-5-24(6-8-25)9-14-28-2/h21-23H,3-20H2,1-2H3. The third-order valence-electron chi connectivity index (χ3n) is 6.81. The fourth-order valence-corrected chi connectivity index (χ4v) is 4.92. The largest absolute Gasteiger partial charge is 0.383 e. The lowest BCUT2D eigenvalue weighted by molar-refractivity contribution is 0.0416. The van der Waals surface area contributed by atoms with Crippen LogP contribution in [0.2, 0.25) is 0 Å². The molecule has 3 heterocycles. The zero-order valence-corrected chi connectivity index (χ0v) is 19.4. The number of fused-ring (bicyclic) bond motifs is 2. The molecule has 3 fully saturated rings. The first-order chi connectivity index (χ1) is 14.8. The van der Waals surface area contributed by atoms with E-state index >= 15 is 0 Å². The maximum atomic E-state index is 5.98. The molecule has 0 aromatic heterocycles. The topological polar surface area (TPSA) is 52.7 Å².